The summed E-state index contributed by atoms with van der Waals surface area (Å²) in [6, 6.07) is 8.20. The Bertz CT molecular complexity index is 626. The van der Waals surface area contributed by atoms with Gasteiger partial charge in [-0.2, -0.15) is 0 Å². The second kappa shape index (κ2) is 6.67. The fraction of sp³-hybridized carbons (Fsp3) is 0.375. The van der Waals surface area contributed by atoms with Gasteiger partial charge in [-0.3, -0.25) is 11.3 Å². The van der Waals surface area contributed by atoms with Crippen LogP contribution >= 0.6 is 34.5 Å². The van der Waals surface area contributed by atoms with Crippen LogP contribution in [0.4, 0.5) is 0 Å². The van der Waals surface area contributed by atoms with Crippen LogP contribution in [0.1, 0.15) is 34.8 Å². The molecule has 0 saturated carbocycles. The number of fused-ring (bicyclic) bond motifs is 1. The molecule has 1 aliphatic rings. The van der Waals surface area contributed by atoms with E-state index in [4.69, 9.17) is 29.0 Å². The molecule has 2 unspecified atom stereocenters. The highest BCUT2D eigenvalue weighted by atomic mass is 35.5. The zero-order chi connectivity index (χ0) is 14.8. The lowest BCUT2D eigenvalue weighted by molar-refractivity contribution is 0.397. The SMILES string of the molecule is NNC(Cc1cccc(Cl)c1Cl)C1CCCc2sccc21. The van der Waals surface area contributed by atoms with Gasteiger partial charge in [0.15, 0.2) is 0 Å². The molecule has 0 saturated heterocycles. The Hall–Kier alpha value is -0.580. The Morgan fingerprint density at radius 1 is 1.33 bits per heavy atom. The molecule has 0 amide bonds. The maximum Gasteiger partial charge on any atom is 0.0624 e. The number of aryl methyl sites for hydroxylation is 1. The summed E-state index contributed by atoms with van der Waals surface area (Å²) in [5.74, 6) is 6.29. The van der Waals surface area contributed by atoms with E-state index in [1.54, 1.807) is 0 Å². The maximum absolute atomic E-state index is 6.31. The van der Waals surface area contributed by atoms with Crippen molar-refractivity contribution in [1.82, 2.24) is 5.43 Å². The van der Waals surface area contributed by atoms with Crippen LogP contribution in [0, 0.1) is 0 Å². The minimum absolute atomic E-state index is 0.176. The number of rotatable bonds is 4. The fourth-order valence-electron chi connectivity index (χ4n) is 3.20. The minimum Gasteiger partial charge on any atom is -0.271 e. The Labute approximate surface area is 139 Å². The van der Waals surface area contributed by atoms with Crippen molar-refractivity contribution >= 4 is 34.5 Å². The van der Waals surface area contributed by atoms with E-state index in [2.05, 4.69) is 16.9 Å². The molecule has 21 heavy (non-hydrogen) atoms. The average molecular weight is 341 g/mol. The van der Waals surface area contributed by atoms with Crippen molar-refractivity contribution in [3.8, 4) is 0 Å². The van der Waals surface area contributed by atoms with Gasteiger partial charge in [-0.1, -0.05) is 35.3 Å². The number of benzene rings is 1. The first kappa shape index (κ1) is 15.3. The summed E-state index contributed by atoms with van der Waals surface area (Å²) in [6.07, 6.45) is 4.37. The summed E-state index contributed by atoms with van der Waals surface area (Å²) < 4.78 is 0. The molecule has 0 spiro atoms. The van der Waals surface area contributed by atoms with Crippen LogP contribution < -0.4 is 11.3 Å². The van der Waals surface area contributed by atoms with Gasteiger partial charge in [0.25, 0.3) is 0 Å². The summed E-state index contributed by atoms with van der Waals surface area (Å²) in [6.45, 7) is 0. The third-order valence-corrected chi connectivity index (χ3v) is 6.12. The lowest BCUT2D eigenvalue weighted by atomic mass is 9.80. The van der Waals surface area contributed by atoms with Crippen LogP contribution in [0.3, 0.4) is 0 Å². The van der Waals surface area contributed by atoms with E-state index in [1.165, 1.54) is 23.3 Å². The largest absolute Gasteiger partial charge is 0.271 e. The molecule has 2 nitrogen and oxygen atoms in total. The van der Waals surface area contributed by atoms with Crippen molar-refractivity contribution < 1.29 is 0 Å². The summed E-state index contributed by atoms with van der Waals surface area (Å²) in [5, 5.41) is 3.42. The van der Waals surface area contributed by atoms with Gasteiger partial charge >= 0.3 is 0 Å². The molecule has 0 bridgehead atoms. The van der Waals surface area contributed by atoms with Crippen molar-refractivity contribution in [3.63, 3.8) is 0 Å². The predicted molar refractivity (Wildman–Crippen MR) is 91.3 cm³/mol. The van der Waals surface area contributed by atoms with E-state index in [9.17, 15) is 0 Å². The molecule has 1 aromatic carbocycles. The average Bonchev–Trinajstić information content (AvgIpc) is 2.97. The molecule has 2 atom stereocenters. The van der Waals surface area contributed by atoms with Crippen LogP contribution in [0.15, 0.2) is 29.6 Å². The third-order valence-electron chi connectivity index (χ3n) is 4.27. The van der Waals surface area contributed by atoms with Crippen LogP contribution in [-0.4, -0.2) is 6.04 Å². The van der Waals surface area contributed by atoms with E-state index >= 15 is 0 Å². The number of halogens is 2. The molecule has 0 radical (unpaired) electrons. The van der Waals surface area contributed by atoms with Gasteiger partial charge in [0.1, 0.15) is 0 Å². The van der Waals surface area contributed by atoms with Crippen LogP contribution in [0.2, 0.25) is 10.0 Å². The second-order valence-electron chi connectivity index (χ2n) is 5.49. The quantitative estimate of drug-likeness (QED) is 0.632. The van der Waals surface area contributed by atoms with E-state index in [0.29, 0.717) is 16.0 Å². The minimum atomic E-state index is 0.176. The van der Waals surface area contributed by atoms with Crippen LogP contribution in [0.5, 0.6) is 0 Å². The normalized spacial score (nSPS) is 19.3. The molecule has 0 fully saturated rings. The molecular weight excluding hydrogens is 323 g/mol. The molecular formula is C16H18Cl2N2S. The first-order valence-electron chi connectivity index (χ1n) is 7.16. The highest BCUT2D eigenvalue weighted by Gasteiger charge is 2.28. The lowest BCUT2D eigenvalue weighted by Crippen LogP contribution is -2.42. The molecule has 112 valence electrons. The Balaban J connectivity index is 1.85. The van der Waals surface area contributed by atoms with E-state index in [-0.39, 0.29) is 6.04 Å². The molecule has 0 aliphatic heterocycles. The summed E-state index contributed by atoms with van der Waals surface area (Å²) in [7, 11) is 0. The Morgan fingerprint density at radius 3 is 3.00 bits per heavy atom. The van der Waals surface area contributed by atoms with Crippen molar-refractivity contribution in [2.75, 3.05) is 0 Å². The molecule has 2 aromatic rings. The van der Waals surface area contributed by atoms with Crippen LogP contribution in [0.25, 0.3) is 0 Å². The van der Waals surface area contributed by atoms with E-state index in [1.807, 2.05) is 29.5 Å². The van der Waals surface area contributed by atoms with E-state index in [0.717, 1.165) is 18.4 Å². The fourth-order valence-corrected chi connectivity index (χ4v) is 4.59. The molecule has 3 N–H and O–H groups in total. The monoisotopic (exact) mass is 340 g/mol. The maximum atomic E-state index is 6.31. The topological polar surface area (TPSA) is 38.0 Å². The molecule has 1 aromatic heterocycles. The number of thiophene rings is 1. The summed E-state index contributed by atoms with van der Waals surface area (Å²) in [5.41, 5.74) is 5.50. The van der Waals surface area contributed by atoms with Gasteiger partial charge < -0.3 is 0 Å². The molecule has 5 heteroatoms. The van der Waals surface area contributed by atoms with Gasteiger partial charge in [-0.05, 0) is 54.3 Å². The van der Waals surface area contributed by atoms with Crippen molar-refractivity contribution in [2.24, 2.45) is 5.84 Å². The lowest BCUT2D eigenvalue weighted by Gasteiger charge is -2.30. The van der Waals surface area contributed by atoms with Crippen molar-refractivity contribution in [2.45, 2.75) is 37.6 Å². The highest BCUT2D eigenvalue weighted by Crippen LogP contribution is 2.38. The van der Waals surface area contributed by atoms with Gasteiger partial charge in [0, 0.05) is 16.8 Å². The van der Waals surface area contributed by atoms with Crippen LogP contribution in [-0.2, 0) is 12.8 Å². The predicted octanol–water partition coefficient (Wildman–Crippen LogP) is 4.55. The van der Waals surface area contributed by atoms with Crippen molar-refractivity contribution in [1.29, 1.82) is 0 Å². The molecule has 1 aliphatic carbocycles. The Morgan fingerprint density at radius 2 is 2.19 bits per heavy atom. The number of nitrogens with one attached hydrogen (secondary N) is 1. The first-order valence-corrected chi connectivity index (χ1v) is 8.79. The van der Waals surface area contributed by atoms with Gasteiger partial charge in [0.05, 0.1) is 10.0 Å². The third kappa shape index (κ3) is 3.13. The summed E-state index contributed by atoms with van der Waals surface area (Å²) in [4.78, 5) is 1.50. The van der Waals surface area contributed by atoms with Gasteiger partial charge in [-0.25, -0.2) is 0 Å². The van der Waals surface area contributed by atoms with Gasteiger partial charge in [0.2, 0.25) is 0 Å². The zero-order valence-electron chi connectivity index (χ0n) is 11.6. The van der Waals surface area contributed by atoms with E-state index < -0.39 is 0 Å². The summed E-state index contributed by atoms with van der Waals surface area (Å²) >= 11 is 14.3. The van der Waals surface area contributed by atoms with Gasteiger partial charge in [-0.15, -0.1) is 11.3 Å². The Kier molecular flexibility index (Phi) is 4.87. The number of hydrazine groups is 1. The highest BCUT2D eigenvalue weighted by molar-refractivity contribution is 7.10. The smallest absolute Gasteiger partial charge is 0.0624 e. The molecule has 1 heterocycles. The zero-order valence-corrected chi connectivity index (χ0v) is 13.9. The number of hydrogen-bond acceptors (Lipinski definition) is 3. The standard InChI is InChI=1S/C16H18Cl2N2S/c17-13-5-1-3-10(16(13)18)9-14(20-19)11-4-2-6-15-12(11)7-8-21-15/h1,3,5,7-8,11,14,20H,2,4,6,9,19H2. The second-order valence-corrected chi connectivity index (χ2v) is 7.27. The number of nitrogens with two attached hydrogens (primary N) is 1. The van der Waals surface area contributed by atoms with Crippen molar-refractivity contribution in [3.05, 3.63) is 55.7 Å². The first-order chi connectivity index (χ1) is 10.2. The molecule has 3 rings (SSSR count). The number of hydrogen-bond donors (Lipinski definition) is 2.